The van der Waals surface area contributed by atoms with E-state index in [0.717, 1.165) is 18.5 Å². The molecule has 0 atom stereocenters. The van der Waals surface area contributed by atoms with E-state index in [1.54, 1.807) is 29.3 Å². The largest absolute Gasteiger partial charge is 0.362 e. The summed E-state index contributed by atoms with van der Waals surface area (Å²) in [5.74, 6) is -2.27. The summed E-state index contributed by atoms with van der Waals surface area (Å²) in [5.41, 5.74) is 1.14. The zero-order chi connectivity index (χ0) is 15.7. The number of hydrogen-bond donors (Lipinski definition) is 0. The van der Waals surface area contributed by atoms with Gasteiger partial charge in [-0.05, 0) is 12.8 Å². The van der Waals surface area contributed by atoms with Crippen molar-refractivity contribution in [2.24, 2.45) is 5.41 Å². The number of rotatable bonds is 2. The average Bonchev–Trinajstić information content (AvgIpc) is 3.12. The fourth-order valence-electron chi connectivity index (χ4n) is 3.03. The van der Waals surface area contributed by atoms with Crippen molar-refractivity contribution in [3.05, 3.63) is 23.1 Å². The molecule has 0 bridgehead atoms. The molecule has 0 radical (unpaired) electrons. The summed E-state index contributed by atoms with van der Waals surface area (Å²) >= 11 is 6.07. The van der Waals surface area contributed by atoms with Crippen LogP contribution in [-0.4, -0.2) is 33.6 Å². The van der Waals surface area contributed by atoms with Gasteiger partial charge in [0.1, 0.15) is 0 Å². The van der Waals surface area contributed by atoms with Crippen LogP contribution in [0.4, 0.5) is 14.5 Å². The minimum atomic E-state index is -2.74. The van der Waals surface area contributed by atoms with Gasteiger partial charge in [-0.15, -0.1) is 0 Å². The minimum absolute atomic E-state index is 0.266. The molecule has 2 aliphatic rings. The van der Waals surface area contributed by atoms with E-state index in [1.807, 2.05) is 6.20 Å². The molecule has 2 aromatic heterocycles. The zero-order valence-corrected chi connectivity index (χ0v) is 13.2. The molecule has 4 rings (SSSR count). The highest BCUT2D eigenvalue weighted by atomic mass is 35.5. The molecule has 4 nitrogen and oxygen atoms in total. The predicted octanol–water partition coefficient (Wildman–Crippen LogP) is 3.74. The summed E-state index contributed by atoms with van der Waals surface area (Å²) in [5, 5.41) is 4.50. The molecule has 3 heterocycles. The Labute approximate surface area is 132 Å². The van der Waals surface area contributed by atoms with Gasteiger partial charge >= 0.3 is 0 Å². The molecule has 0 aromatic carbocycles. The van der Waals surface area contributed by atoms with E-state index in [2.05, 4.69) is 10.1 Å². The van der Waals surface area contributed by atoms with Crippen LogP contribution >= 0.6 is 11.6 Å². The topological polar surface area (TPSA) is 33.4 Å². The van der Waals surface area contributed by atoms with Crippen molar-refractivity contribution in [2.45, 2.75) is 38.5 Å². The molecule has 1 saturated carbocycles. The van der Waals surface area contributed by atoms with Gasteiger partial charge in [-0.1, -0.05) is 25.4 Å². The van der Waals surface area contributed by atoms with Crippen LogP contribution in [-0.2, 0) is 0 Å². The first-order chi connectivity index (χ1) is 10.3. The summed E-state index contributed by atoms with van der Waals surface area (Å²) in [6.07, 6.45) is 4.12. The molecular formula is C15H17ClF2N4. The Balaban J connectivity index is 1.81. The third-order valence-corrected chi connectivity index (χ3v) is 4.88. The lowest BCUT2D eigenvalue weighted by atomic mass is 9.89. The van der Waals surface area contributed by atoms with Crippen molar-refractivity contribution in [2.75, 3.05) is 18.0 Å². The number of nitrogens with zero attached hydrogens (tertiary/aromatic N) is 4. The molecule has 1 saturated heterocycles. The Morgan fingerprint density at radius 2 is 2.00 bits per heavy atom. The standard InChI is InChI=1S/C15H17ClF2N4/c1-14(2)7-21(8-15(14,17)18)11-5-12(16)20-22-6-10(9-3-4-9)19-13(11)22/h5-6,9H,3-4,7-8H2,1-2H3. The van der Waals surface area contributed by atoms with E-state index in [-0.39, 0.29) is 18.2 Å². The Morgan fingerprint density at radius 3 is 2.59 bits per heavy atom. The quantitative estimate of drug-likeness (QED) is 0.843. The van der Waals surface area contributed by atoms with Crippen LogP contribution in [0.2, 0.25) is 5.15 Å². The molecule has 0 spiro atoms. The lowest BCUT2D eigenvalue weighted by molar-refractivity contribution is -0.0642. The Hall–Kier alpha value is -1.43. The highest BCUT2D eigenvalue weighted by molar-refractivity contribution is 6.29. The number of anilines is 1. The number of halogens is 3. The van der Waals surface area contributed by atoms with Crippen molar-refractivity contribution in [3.63, 3.8) is 0 Å². The summed E-state index contributed by atoms with van der Waals surface area (Å²) in [6, 6.07) is 1.64. The normalized spacial score (nSPS) is 23.4. The van der Waals surface area contributed by atoms with Crippen LogP contribution < -0.4 is 4.90 Å². The maximum atomic E-state index is 14.2. The first-order valence-corrected chi connectivity index (χ1v) is 7.83. The van der Waals surface area contributed by atoms with Crippen molar-refractivity contribution in [3.8, 4) is 0 Å². The van der Waals surface area contributed by atoms with Gasteiger partial charge in [-0.3, -0.25) is 0 Å². The molecule has 0 N–H and O–H groups in total. The van der Waals surface area contributed by atoms with E-state index in [9.17, 15) is 8.78 Å². The zero-order valence-electron chi connectivity index (χ0n) is 12.5. The third kappa shape index (κ3) is 2.07. The first kappa shape index (κ1) is 14.2. The van der Waals surface area contributed by atoms with E-state index in [1.165, 1.54) is 0 Å². The maximum Gasteiger partial charge on any atom is 0.271 e. The molecule has 2 fully saturated rings. The van der Waals surface area contributed by atoms with Gasteiger partial charge in [-0.2, -0.15) is 5.10 Å². The Kier molecular flexibility index (Phi) is 2.78. The van der Waals surface area contributed by atoms with Gasteiger partial charge in [0.15, 0.2) is 10.8 Å². The summed E-state index contributed by atoms with van der Waals surface area (Å²) in [6.45, 7) is 3.13. The fourth-order valence-corrected chi connectivity index (χ4v) is 3.21. The van der Waals surface area contributed by atoms with Crippen LogP contribution in [0.1, 0.15) is 38.3 Å². The second-order valence-electron chi connectivity index (χ2n) is 7.00. The van der Waals surface area contributed by atoms with Crippen molar-refractivity contribution in [1.29, 1.82) is 0 Å². The second kappa shape index (κ2) is 4.31. The van der Waals surface area contributed by atoms with E-state index in [0.29, 0.717) is 17.3 Å². The summed E-state index contributed by atoms with van der Waals surface area (Å²) in [4.78, 5) is 6.28. The van der Waals surface area contributed by atoms with Crippen LogP contribution in [0.15, 0.2) is 12.3 Å². The number of fused-ring (bicyclic) bond motifs is 1. The smallest absolute Gasteiger partial charge is 0.271 e. The predicted molar refractivity (Wildman–Crippen MR) is 80.9 cm³/mol. The number of aromatic nitrogens is 3. The van der Waals surface area contributed by atoms with Crippen molar-refractivity contribution >= 4 is 22.9 Å². The van der Waals surface area contributed by atoms with Crippen LogP contribution in [0.25, 0.3) is 5.65 Å². The van der Waals surface area contributed by atoms with Crippen molar-refractivity contribution < 1.29 is 8.78 Å². The minimum Gasteiger partial charge on any atom is -0.362 e. The van der Waals surface area contributed by atoms with Crippen molar-refractivity contribution in [1.82, 2.24) is 14.6 Å². The molecule has 118 valence electrons. The second-order valence-corrected chi connectivity index (χ2v) is 7.39. The molecule has 0 amide bonds. The Morgan fingerprint density at radius 1 is 1.27 bits per heavy atom. The van der Waals surface area contributed by atoms with Crippen LogP contribution in [0.5, 0.6) is 0 Å². The van der Waals surface area contributed by atoms with E-state index < -0.39 is 11.3 Å². The third-order valence-electron chi connectivity index (χ3n) is 4.70. The average molecular weight is 327 g/mol. The lowest BCUT2D eigenvalue weighted by Crippen LogP contribution is -2.34. The van der Waals surface area contributed by atoms with Gasteiger partial charge in [0, 0.05) is 23.9 Å². The molecule has 22 heavy (non-hydrogen) atoms. The molecule has 0 unspecified atom stereocenters. The SMILES string of the molecule is CC1(C)CN(c2cc(Cl)nn3cc(C4CC4)nc23)CC1(F)F. The van der Waals surface area contributed by atoms with Gasteiger partial charge in [-0.25, -0.2) is 18.3 Å². The summed E-state index contributed by atoms with van der Waals surface area (Å²) < 4.78 is 30.0. The molecular weight excluding hydrogens is 310 g/mol. The number of hydrogen-bond acceptors (Lipinski definition) is 3. The lowest BCUT2D eigenvalue weighted by Gasteiger charge is -2.24. The summed E-state index contributed by atoms with van der Waals surface area (Å²) in [7, 11) is 0. The molecule has 7 heteroatoms. The van der Waals surface area contributed by atoms with Gasteiger partial charge in [0.2, 0.25) is 0 Å². The fraction of sp³-hybridized carbons (Fsp3) is 0.600. The Bertz CT molecular complexity index is 735. The van der Waals surface area contributed by atoms with E-state index >= 15 is 0 Å². The number of imidazole rings is 1. The molecule has 1 aliphatic carbocycles. The number of alkyl halides is 2. The van der Waals surface area contributed by atoms with Gasteiger partial charge in [0.25, 0.3) is 5.92 Å². The van der Waals surface area contributed by atoms with Crippen LogP contribution in [0, 0.1) is 5.41 Å². The first-order valence-electron chi connectivity index (χ1n) is 7.45. The van der Waals surface area contributed by atoms with Gasteiger partial charge in [0.05, 0.1) is 24.1 Å². The molecule has 2 aromatic rings. The maximum absolute atomic E-state index is 14.2. The van der Waals surface area contributed by atoms with Gasteiger partial charge < -0.3 is 4.90 Å². The highest BCUT2D eigenvalue weighted by Crippen LogP contribution is 2.46. The molecule has 1 aliphatic heterocycles. The monoisotopic (exact) mass is 326 g/mol. The van der Waals surface area contributed by atoms with E-state index in [4.69, 9.17) is 11.6 Å². The van der Waals surface area contributed by atoms with Crippen LogP contribution in [0.3, 0.4) is 0 Å². The highest BCUT2D eigenvalue weighted by Gasteiger charge is 2.54.